The Labute approximate surface area is 211 Å². The third-order valence-electron chi connectivity index (χ3n) is 6.91. The van der Waals surface area contributed by atoms with E-state index < -0.39 is 0 Å². The van der Waals surface area contributed by atoms with E-state index in [-0.39, 0.29) is 0 Å². The van der Waals surface area contributed by atoms with Crippen molar-refractivity contribution in [1.29, 1.82) is 0 Å². The second-order valence-corrected chi connectivity index (χ2v) is 12.5. The number of hydrogen-bond acceptors (Lipinski definition) is 3. The Kier molecular flexibility index (Phi) is 7.46. The van der Waals surface area contributed by atoms with Gasteiger partial charge in [-0.05, 0) is 35.9 Å². The van der Waals surface area contributed by atoms with Gasteiger partial charge in [0.25, 0.3) is 0 Å². The summed E-state index contributed by atoms with van der Waals surface area (Å²) in [7, 11) is 13.8. The second-order valence-electron chi connectivity index (χ2n) is 11.3. The monoisotopic (exact) mass is 478 g/mol. The number of fused-ring (bicyclic) bond motifs is 2. The molecule has 0 saturated heterocycles. The molecule has 0 bridgehead atoms. The Balaban J connectivity index is 1.40. The zero-order valence-corrected chi connectivity index (χ0v) is 22.7. The zero-order chi connectivity index (χ0) is 24.3. The second kappa shape index (κ2) is 10.2. The summed E-state index contributed by atoms with van der Waals surface area (Å²) in [5.74, 6) is 0. The highest BCUT2D eigenvalue weighted by molar-refractivity contribution is 8.00. The molecule has 5 heteroatoms. The van der Waals surface area contributed by atoms with Crippen LogP contribution in [0.5, 0.6) is 0 Å². The van der Waals surface area contributed by atoms with Gasteiger partial charge in [0.15, 0.2) is 0 Å². The van der Waals surface area contributed by atoms with E-state index in [1.807, 2.05) is 11.8 Å². The standard InChI is InChI=1S/C29H42N4S/c1-30-27-15-9-10-16-28(27)34-29(30)23-24-17-19-31(26-14-8-7-13-25(24)26)18-11-21-33(5,6)22-12-20-32(2,3)4/h7-10,13-17,19,23,29H,11-12,18,20-22H2,1-6H3/q+2. The van der Waals surface area contributed by atoms with Crippen LogP contribution in [-0.2, 0) is 0 Å². The molecule has 0 aliphatic carbocycles. The van der Waals surface area contributed by atoms with Crippen molar-refractivity contribution in [3.05, 3.63) is 72.4 Å². The van der Waals surface area contributed by atoms with Crippen LogP contribution in [0.1, 0.15) is 18.4 Å². The summed E-state index contributed by atoms with van der Waals surface area (Å²) >= 11 is 1.94. The molecule has 2 aliphatic heterocycles. The van der Waals surface area contributed by atoms with Gasteiger partial charge in [0.2, 0.25) is 0 Å². The van der Waals surface area contributed by atoms with Gasteiger partial charge in [0, 0.05) is 48.8 Å². The molecule has 0 fully saturated rings. The molecular formula is C29H42N4S+2. The highest BCUT2D eigenvalue weighted by Gasteiger charge is 2.27. The molecule has 2 aliphatic rings. The SMILES string of the molecule is CN1c2ccccc2SC1C=C1C=CN(CCC[N+](C)(C)CCC[N+](C)(C)C)c2ccccc21. The highest BCUT2D eigenvalue weighted by Crippen LogP contribution is 2.44. The Morgan fingerprint density at radius 2 is 1.53 bits per heavy atom. The first-order valence-electron chi connectivity index (χ1n) is 12.5. The van der Waals surface area contributed by atoms with Gasteiger partial charge in [0.1, 0.15) is 0 Å². The Morgan fingerprint density at radius 3 is 2.26 bits per heavy atom. The molecule has 182 valence electrons. The fourth-order valence-corrected chi connectivity index (χ4v) is 6.13. The maximum atomic E-state index is 2.44. The molecule has 0 N–H and O–H groups in total. The fraction of sp³-hybridized carbons (Fsp3) is 0.448. The fourth-order valence-electron chi connectivity index (χ4n) is 4.90. The molecule has 0 radical (unpaired) electrons. The quantitative estimate of drug-likeness (QED) is 0.437. The highest BCUT2D eigenvalue weighted by atomic mass is 32.2. The summed E-state index contributed by atoms with van der Waals surface area (Å²) in [5.41, 5.74) is 5.31. The number of benzene rings is 2. The molecule has 1 atom stereocenters. The van der Waals surface area contributed by atoms with Crippen molar-refractivity contribution in [3.8, 4) is 0 Å². The van der Waals surface area contributed by atoms with E-state index in [0.717, 1.165) is 15.5 Å². The number of anilines is 2. The molecule has 2 heterocycles. The Bertz CT molecular complexity index is 1050. The molecule has 4 nitrogen and oxygen atoms in total. The molecule has 0 amide bonds. The van der Waals surface area contributed by atoms with E-state index in [9.17, 15) is 0 Å². The number of nitrogens with zero attached hydrogens (tertiary/aromatic N) is 4. The van der Waals surface area contributed by atoms with Crippen LogP contribution >= 0.6 is 11.8 Å². The minimum atomic E-state index is 0.321. The summed E-state index contributed by atoms with van der Waals surface area (Å²) in [6, 6.07) is 17.6. The lowest BCUT2D eigenvalue weighted by molar-refractivity contribution is -0.902. The van der Waals surface area contributed by atoms with Crippen LogP contribution in [0, 0.1) is 0 Å². The topological polar surface area (TPSA) is 6.48 Å². The van der Waals surface area contributed by atoms with Crippen LogP contribution in [-0.4, -0.2) is 82.8 Å². The van der Waals surface area contributed by atoms with Gasteiger partial charge in [-0.15, -0.1) is 0 Å². The first-order chi connectivity index (χ1) is 16.1. The number of para-hydroxylation sites is 2. The van der Waals surface area contributed by atoms with Crippen LogP contribution in [0.15, 0.2) is 71.8 Å². The van der Waals surface area contributed by atoms with Gasteiger partial charge in [0.05, 0.1) is 65.9 Å². The third-order valence-corrected chi connectivity index (χ3v) is 8.20. The van der Waals surface area contributed by atoms with Crippen molar-refractivity contribution < 1.29 is 8.97 Å². The smallest absolute Gasteiger partial charge is 0.0988 e. The van der Waals surface area contributed by atoms with Crippen molar-refractivity contribution in [2.75, 3.05) is 78.3 Å². The van der Waals surface area contributed by atoms with Crippen molar-refractivity contribution in [2.45, 2.75) is 23.1 Å². The van der Waals surface area contributed by atoms with E-state index in [4.69, 9.17) is 0 Å². The van der Waals surface area contributed by atoms with Crippen LogP contribution in [0.3, 0.4) is 0 Å². The number of allylic oxidation sites excluding steroid dienone is 2. The minimum Gasteiger partial charge on any atom is -0.358 e. The molecule has 0 saturated carbocycles. The van der Waals surface area contributed by atoms with Gasteiger partial charge in [-0.1, -0.05) is 42.1 Å². The van der Waals surface area contributed by atoms with Crippen molar-refractivity contribution in [1.82, 2.24) is 0 Å². The number of likely N-dealkylation sites (N-methyl/N-ethyl adjacent to an activating group) is 1. The van der Waals surface area contributed by atoms with Crippen molar-refractivity contribution >= 4 is 28.7 Å². The summed E-state index contributed by atoms with van der Waals surface area (Å²) in [5, 5.41) is 0.321. The lowest BCUT2D eigenvalue weighted by Crippen LogP contribution is -2.45. The van der Waals surface area contributed by atoms with Gasteiger partial charge >= 0.3 is 0 Å². The van der Waals surface area contributed by atoms with Gasteiger partial charge in [-0.2, -0.15) is 0 Å². The average Bonchev–Trinajstić information content (AvgIpc) is 3.09. The molecule has 34 heavy (non-hydrogen) atoms. The van der Waals surface area contributed by atoms with E-state index in [1.165, 1.54) is 59.9 Å². The molecule has 0 aromatic heterocycles. The Morgan fingerprint density at radius 1 is 0.853 bits per heavy atom. The van der Waals surface area contributed by atoms with Crippen LogP contribution < -0.4 is 9.80 Å². The molecule has 2 aromatic carbocycles. The molecule has 2 aromatic rings. The third kappa shape index (κ3) is 6.07. The van der Waals surface area contributed by atoms with E-state index >= 15 is 0 Å². The van der Waals surface area contributed by atoms with Crippen molar-refractivity contribution in [3.63, 3.8) is 0 Å². The summed E-state index contributed by atoms with van der Waals surface area (Å²) in [6.45, 7) is 4.73. The first-order valence-corrected chi connectivity index (χ1v) is 13.4. The number of thioether (sulfide) groups is 1. The maximum Gasteiger partial charge on any atom is 0.0988 e. The molecule has 4 rings (SSSR count). The molecule has 1 unspecified atom stereocenters. The van der Waals surface area contributed by atoms with E-state index in [2.05, 4.69) is 119 Å². The zero-order valence-electron chi connectivity index (χ0n) is 21.9. The Hall–Kier alpha value is -2.21. The minimum absolute atomic E-state index is 0.321. The van der Waals surface area contributed by atoms with Crippen LogP contribution in [0.4, 0.5) is 11.4 Å². The molecular weight excluding hydrogens is 436 g/mol. The number of rotatable bonds is 9. The molecule has 0 spiro atoms. The van der Waals surface area contributed by atoms with Gasteiger partial charge < -0.3 is 18.8 Å². The largest absolute Gasteiger partial charge is 0.358 e. The van der Waals surface area contributed by atoms with E-state index in [0.29, 0.717) is 5.37 Å². The predicted octanol–water partition coefficient (Wildman–Crippen LogP) is 5.53. The lowest BCUT2D eigenvalue weighted by Gasteiger charge is -2.33. The normalized spacial score (nSPS) is 19.0. The maximum absolute atomic E-state index is 2.44. The lowest BCUT2D eigenvalue weighted by atomic mass is 9.99. The van der Waals surface area contributed by atoms with Gasteiger partial charge in [-0.25, -0.2) is 0 Å². The van der Waals surface area contributed by atoms with Crippen LogP contribution in [0.2, 0.25) is 0 Å². The summed E-state index contributed by atoms with van der Waals surface area (Å²) < 4.78 is 2.14. The summed E-state index contributed by atoms with van der Waals surface area (Å²) in [4.78, 5) is 6.19. The van der Waals surface area contributed by atoms with Crippen molar-refractivity contribution in [2.24, 2.45) is 0 Å². The average molecular weight is 479 g/mol. The van der Waals surface area contributed by atoms with E-state index in [1.54, 1.807) is 0 Å². The summed E-state index contributed by atoms with van der Waals surface area (Å²) in [6.07, 6.45) is 9.48. The van der Waals surface area contributed by atoms with Crippen LogP contribution in [0.25, 0.3) is 5.57 Å². The van der Waals surface area contributed by atoms with Gasteiger partial charge in [-0.3, -0.25) is 0 Å². The predicted molar refractivity (Wildman–Crippen MR) is 149 cm³/mol. The first kappa shape index (κ1) is 24.9. The number of quaternary nitrogens is 2. The number of hydrogen-bond donors (Lipinski definition) is 0.